The number of fused-ring (bicyclic) bond motifs is 1. The van der Waals surface area contributed by atoms with E-state index in [0.29, 0.717) is 31.5 Å². The van der Waals surface area contributed by atoms with Crippen LogP contribution in [0.2, 0.25) is 0 Å². The number of carboxylic acid groups (broad SMARTS) is 1. The summed E-state index contributed by atoms with van der Waals surface area (Å²) in [4.78, 5) is 30.5. The third-order valence-electron chi connectivity index (χ3n) is 6.97. The second kappa shape index (κ2) is 11.0. The normalized spacial score (nSPS) is 19.1. The van der Waals surface area contributed by atoms with Crippen LogP contribution >= 0.6 is 11.3 Å². The number of carbonyl (C=O) groups is 1. The molecule has 2 aliphatic heterocycles. The minimum Gasteiger partial charge on any atom is -0.495 e. The lowest BCUT2D eigenvalue weighted by Gasteiger charge is -2.46. The molecule has 10 nitrogen and oxygen atoms in total. The first kappa shape index (κ1) is 28.4. The SMILES string of the molecule is COc1ccnc(N2CCN(C3=Nc4c(csc4F)[C@@H](CC(=O)O)N3c3cc(C(F)(F)F)ccc3OC)C[C@H]2C)n1. The fourth-order valence-electron chi connectivity index (χ4n) is 5.06. The number of guanidine groups is 1. The summed E-state index contributed by atoms with van der Waals surface area (Å²) in [5, 5.41) is 10.6. The van der Waals surface area contributed by atoms with E-state index in [-0.39, 0.29) is 34.7 Å². The van der Waals surface area contributed by atoms with Gasteiger partial charge >= 0.3 is 12.1 Å². The highest BCUT2D eigenvalue weighted by Crippen LogP contribution is 2.47. The van der Waals surface area contributed by atoms with Crippen LogP contribution in [0.1, 0.15) is 30.5 Å². The van der Waals surface area contributed by atoms with Gasteiger partial charge in [-0.1, -0.05) is 0 Å². The molecule has 218 valence electrons. The Labute approximate surface area is 236 Å². The van der Waals surface area contributed by atoms with Gasteiger partial charge in [-0.3, -0.25) is 4.79 Å². The van der Waals surface area contributed by atoms with Crippen LogP contribution in [-0.4, -0.2) is 71.8 Å². The number of hydrogen-bond acceptors (Lipinski definition) is 10. The number of aliphatic imine (C=N–C) groups is 1. The first-order chi connectivity index (χ1) is 19.5. The van der Waals surface area contributed by atoms with Crippen molar-refractivity contribution in [2.24, 2.45) is 4.99 Å². The minimum atomic E-state index is -4.67. The third-order valence-corrected chi connectivity index (χ3v) is 7.75. The molecule has 1 fully saturated rings. The van der Waals surface area contributed by atoms with Crippen LogP contribution in [-0.2, 0) is 11.0 Å². The van der Waals surface area contributed by atoms with Gasteiger partial charge in [0.05, 0.1) is 37.9 Å². The standard InChI is InChI=1S/C26H26F4N6O4S/c1-14-12-34(8-9-35(14)24-31-7-6-20(32-24)40-3)25-33-22-16(13-41-23(22)27)17(11-21(37)38)36(25)18-10-15(26(28,29)30)4-5-19(18)39-2/h4-7,10,13-14,17H,8-9,11-12H2,1-3H3,(H,37,38)/t14-,17-/m1/s1. The van der Waals surface area contributed by atoms with Gasteiger partial charge in [-0.2, -0.15) is 22.5 Å². The van der Waals surface area contributed by atoms with Crippen molar-refractivity contribution < 1.29 is 36.9 Å². The summed E-state index contributed by atoms with van der Waals surface area (Å²) >= 11 is 0.756. The van der Waals surface area contributed by atoms with Gasteiger partial charge in [-0.25, -0.2) is 9.98 Å². The molecule has 0 amide bonds. The maximum atomic E-state index is 14.9. The Morgan fingerprint density at radius 1 is 1.20 bits per heavy atom. The molecule has 1 aromatic carbocycles. The predicted molar refractivity (Wildman–Crippen MR) is 144 cm³/mol. The fourth-order valence-corrected chi connectivity index (χ4v) is 5.83. The van der Waals surface area contributed by atoms with Gasteiger partial charge < -0.3 is 29.3 Å². The van der Waals surface area contributed by atoms with E-state index in [9.17, 15) is 27.5 Å². The second-order valence-corrected chi connectivity index (χ2v) is 10.3. The Hall–Kier alpha value is -4.14. The number of ether oxygens (including phenoxy) is 2. The lowest BCUT2D eigenvalue weighted by atomic mass is 10.00. The predicted octanol–water partition coefficient (Wildman–Crippen LogP) is 4.95. The smallest absolute Gasteiger partial charge is 0.416 e. The van der Waals surface area contributed by atoms with Crippen molar-refractivity contribution in [1.29, 1.82) is 0 Å². The van der Waals surface area contributed by atoms with E-state index in [1.54, 1.807) is 17.2 Å². The Balaban J connectivity index is 1.60. The zero-order valence-electron chi connectivity index (χ0n) is 22.2. The number of halogens is 4. The van der Waals surface area contributed by atoms with Crippen molar-refractivity contribution >= 4 is 40.6 Å². The zero-order chi connectivity index (χ0) is 29.5. The van der Waals surface area contributed by atoms with Crippen molar-refractivity contribution in [3.05, 3.63) is 52.1 Å². The van der Waals surface area contributed by atoms with E-state index in [1.165, 1.54) is 30.6 Å². The molecule has 0 bridgehead atoms. The highest BCUT2D eigenvalue weighted by Gasteiger charge is 2.41. The van der Waals surface area contributed by atoms with Gasteiger partial charge in [0, 0.05) is 48.9 Å². The maximum absolute atomic E-state index is 14.9. The van der Waals surface area contributed by atoms with Crippen LogP contribution in [0.3, 0.4) is 0 Å². The van der Waals surface area contributed by atoms with Gasteiger partial charge in [0.1, 0.15) is 11.4 Å². The molecule has 2 aromatic heterocycles. The van der Waals surface area contributed by atoms with Crippen molar-refractivity contribution in [1.82, 2.24) is 14.9 Å². The van der Waals surface area contributed by atoms with Gasteiger partial charge in [0.15, 0.2) is 0 Å². The molecule has 0 aliphatic carbocycles. The molecule has 0 spiro atoms. The highest BCUT2D eigenvalue weighted by atomic mass is 32.1. The van der Waals surface area contributed by atoms with Crippen molar-refractivity contribution in [3.63, 3.8) is 0 Å². The van der Waals surface area contributed by atoms with E-state index in [2.05, 4.69) is 15.0 Å². The van der Waals surface area contributed by atoms with Crippen LogP contribution in [0, 0.1) is 5.13 Å². The third kappa shape index (κ3) is 5.45. The van der Waals surface area contributed by atoms with Crippen LogP contribution in [0.25, 0.3) is 0 Å². The number of carboxylic acids is 1. The van der Waals surface area contributed by atoms with Gasteiger partial charge in [-0.05, 0) is 25.1 Å². The topological polar surface area (TPSA) is 104 Å². The average Bonchev–Trinajstić information content (AvgIpc) is 3.32. The molecule has 2 aliphatic rings. The lowest BCUT2D eigenvalue weighted by molar-refractivity contribution is -0.138. The maximum Gasteiger partial charge on any atom is 0.416 e. The summed E-state index contributed by atoms with van der Waals surface area (Å²) < 4.78 is 67.0. The number of aromatic nitrogens is 2. The Morgan fingerprint density at radius 2 is 1.98 bits per heavy atom. The number of rotatable bonds is 6. The first-order valence-electron chi connectivity index (χ1n) is 12.5. The summed E-state index contributed by atoms with van der Waals surface area (Å²) in [5.74, 6) is -0.180. The number of nitrogens with zero attached hydrogens (tertiary/aromatic N) is 6. The number of piperazine rings is 1. The first-order valence-corrected chi connectivity index (χ1v) is 13.4. The molecular weight excluding hydrogens is 568 g/mol. The summed E-state index contributed by atoms with van der Waals surface area (Å²) in [6, 6.07) is 3.33. The van der Waals surface area contributed by atoms with Crippen LogP contribution < -0.4 is 19.3 Å². The van der Waals surface area contributed by atoms with Crippen molar-refractivity contribution in [2.75, 3.05) is 43.7 Å². The molecule has 0 radical (unpaired) electrons. The molecular formula is C26H26F4N6O4S. The molecule has 15 heteroatoms. The summed E-state index contributed by atoms with van der Waals surface area (Å²) in [6.07, 6.45) is -3.62. The van der Waals surface area contributed by atoms with E-state index < -0.39 is 35.3 Å². The number of anilines is 2. The molecule has 3 aromatic rings. The van der Waals surface area contributed by atoms with Crippen molar-refractivity contribution in [2.45, 2.75) is 31.6 Å². The van der Waals surface area contributed by atoms with Crippen LogP contribution in [0.15, 0.2) is 40.8 Å². The number of aliphatic carboxylic acids is 1. The zero-order valence-corrected chi connectivity index (χ0v) is 23.0. The van der Waals surface area contributed by atoms with Gasteiger partial charge in [-0.15, -0.1) is 11.3 Å². The number of alkyl halides is 3. The Morgan fingerprint density at radius 3 is 2.63 bits per heavy atom. The molecule has 2 atom stereocenters. The number of hydrogen-bond donors (Lipinski definition) is 1. The molecule has 0 unspecified atom stereocenters. The van der Waals surface area contributed by atoms with Crippen LogP contribution in [0.4, 0.5) is 34.9 Å². The summed E-state index contributed by atoms with van der Waals surface area (Å²) in [6.45, 7) is 2.92. The van der Waals surface area contributed by atoms with Gasteiger partial charge in [0.2, 0.25) is 22.9 Å². The number of thiophene rings is 1. The molecule has 4 heterocycles. The number of benzene rings is 1. The highest BCUT2D eigenvalue weighted by molar-refractivity contribution is 7.08. The molecule has 41 heavy (non-hydrogen) atoms. The largest absolute Gasteiger partial charge is 0.495 e. The summed E-state index contributed by atoms with van der Waals surface area (Å²) in [5.41, 5.74) is -0.729. The fraction of sp³-hybridized carbons (Fsp3) is 0.385. The second-order valence-electron chi connectivity index (χ2n) is 9.48. The monoisotopic (exact) mass is 594 g/mol. The van der Waals surface area contributed by atoms with E-state index in [0.717, 1.165) is 23.5 Å². The van der Waals surface area contributed by atoms with E-state index in [1.807, 2.05) is 11.8 Å². The van der Waals surface area contributed by atoms with Crippen molar-refractivity contribution in [3.8, 4) is 11.6 Å². The van der Waals surface area contributed by atoms with Crippen LogP contribution in [0.5, 0.6) is 11.6 Å². The quantitative estimate of drug-likeness (QED) is 0.397. The van der Waals surface area contributed by atoms with E-state index >= 15 is 0 Å². The summed E-state index contributed by atoms with van der Waals surface area (Å²) in [7, 11) is 2.81. The Bertz CT molecular complexity index is 1480. The lowest BCUT2D eigenvalue weighted by Crippen LogP contribution is -2.58. The molecule has 0 saturated carbocycles. The molecule has 1 N–H and O–H groups in total. The number of methoxy groups -OCH3 is 2. The minimum absolute atomic E-state index is 0.0235. The Kier molecular flexibility index (Phi) is 7.64. The average molecular weight is 595 g/mol. The molecule has 5 rings (SSSR count). The van der Waals surface area contributed by atoms with E-state index in [4.69, 9.17) is 9.47 Å². The van der Waals surface area contributed by atoms with Gasteiger partial charge in [0.25, 0.3) is 0 Å². The molecule has 1 saturated heterocycles.